The number of nitrogens with zero attached hydrogens (tertiary/aromatic N) is 4. The monoisotopic (exact) mass is 426 g/mol. The van der Waals surface area contributed by atoms with E-state index in [0.29, 0.717) is 0 Å². The zero-order chi connectivity index (χ0) is 20.8. The highest BCUT2D eigenvalue weighted by atomic mass is 32.1. The summed E-state index contributed by atoms with van der Waals surface area (Å²) in [5, 5.41) is 24.1. The Bertz CT molecular complexity index is 2050. The third kappa shape index (κ3) is 1.95. The lowest BCUT2D eigenvalue weighted by molar-refractivity contribution is 0.842. The van der Waals surface area contributed by atoms with Gasteiger partial charge in [-0.05, 0) is 48.8 Å². The number of benzene rings is 5. The second-order valence-corrected chi connectivity index (χ2v) is 9.25. The molecule has 5 aromatic carbocycles. The van der Waals surface area contributed by atoms with Crippen LogP contribution in [0, 0.1) is 0 Å². The lowest BCUT2D eigenvalue weighted by atomic mass is 9.95. The van der Waals surface area contributed by atoms with Crippen LogP contribution >= 0.6 is 11.3 Å². The summed E-state index contributed by atoms with van der Waals surface area (Å²) in [6.07, 6.45) is 0. The fraction of sp³-hybridized carbons (Fsp3) is 0. The van der Waals surface area contributed by atoms with Gasteiger partial charge in [-0.3, -0.25) is 0 Å². The summed E-state index contributed by atoms with van der Waals surface area (Å²) >= 11 is 1.79. The Labute approximate surface area is 185 Å². The molecule has 0 N–H and O–H groups in total. The van der Waals surface area contributed by atoms with Crippen molar-refractivity contribution < 1.29 is 0 Å². The number of pyridine rings is 1. The van der Waals surface area contributed by atoms with E-state index < -0.39 is 0 Å². The topological polar surface area (TPSA) is 43.1 Å². The molecule has 0 aliphatic heterocycles. The van der Waals surface area contributed by atoms with Gasteiger partial charge in [-0.1, -0.05) is 78.9 Å². The summed E-state index contributed by atoms with van der Waals surface area (Å²) < 4.78 is 4.32. The quantitative estimate of drug-likeness (QED) is 0.243. The molecule has 4 nitrogen and oxygen atoms in total. The molecule has 32 heavy (non-hydrogen) atoms. The van der Waals surface area contributed by atoms with Crippen LogP contribution in [0.15, 0.2) is 84.9 Å². The van der Waals surface area contributed by atoms with Crippen molar-refractivity contribution in [1.82, 2.24) is 20.0 Å². The van der Waals surface area contributed by atoms with E-state index in [2.05, 4.69) is 100 Å². The summed E-state index contributed by atoms with van der Waals surface area (Å²) in [6, 6.07) is 30.5. The Morgan fingerprint density at radius 2 is 1.28 bits per heavy atom. The van der Waals surface area contributed by atoms with Crippen molar-refractivity contribution in [3.8, 4) is 0 Å². The number of aromatic nitrogens is 4. The maximum Gasteiger partial charge on any atom is 0.197 e. The Hall–Kier alpha value is -4.09. The van der Waals surface area contributed by atoms with Crippen LogP contribution in [0.5, 0.6) is 0 Å². The number of hydrogen-bond acceptors (Lipinski definition) is 4. The first kappa shape index (κ1) is 16.6. The second kappa shape index (κ2) is 5.78. The van der Waals surface area contributed by atoms with Crippen LogP contribution < -0.4 is 0 Å². The highest BCUT2D eigenvalue weighted by Gasteiger charge is 2.20. The van der Waals surface area contributed by atoms with Gasteiger partial charge in [0.1, 0.15) is 0 Å². The Kier molecular flexibility index (Phi) is 3.00. The molecule has 0 atom stereocenters. The van der Waals surface area contributed by atoms with Crippen molar-refractivity contribution in [2.24, 2.45) is 0 Å². The molecule has 0 bridgehead atoms. The maximum absolute atomic E-state index is 4.43. The normalized spacial score (nSPS) is 12.4. The smallest absolute Gasteiger partial charge is 0.191 e. The minimum Gasteiger partial charge on any atom is -0.191 e. The number of rotatable bonds is 0. The van der Waals surface area contributed by atoms with Crippen LogP contribution in [0.4, 0.5) is 0 Å². The molecule has 0 aliphatic carbocycles. The molecule has 0 saturated heterocycles. The van der Waals surface area contributed by atoms with Gasteiger partial charge in [0.05, 0.1) is 10.2 Å². The lowest BCUT2D eigenvalue weighted by Crippen LogP contribution is -1.93. The Morgan fingerprint density at radius 1 is 0.562 bits per heavy atom. The minimum atomic E-state index is 0.817. The SMILES string of the molecule is c1ccc2c(c1)ccc1c2sc2c1c1c3c(ccc4ccccc43)ccc1n1nnnc21. The molecule has 8 rings (SSSR count). The van der Waals surface area contributed by atoms with Crippen LogP contribution in [-0.4, -0.2) is 20.0 Å². The zero-order valence-corrected chi connectivity index (χ0v) is 17.6. The third-order valence-electron chi connectivity index (χ3n) is 6.62. The van der Waals surface area contributed by atoms with Crippen molar-refractivity contribution in [3.05, 3.63) is 84.9 Å². The van der Waals surface area contributed by atoms with Gasteiger partial charge in [-0.25, -0.2) is 0 Å². The molecule has 8 aromatic rings. The van der Waals surface area contributed by atoms with Crippen LogP contribution in [0.3, 0.4) is 0 Å². The first-order valence-electron chi connectivity index (χ1n) is 10.6. The number of thiophene rings is 1. The van der Waals surface area contributed by atoms with E-state index in [-0.39, 0.29) is 0 Å². The predicted molar refractivity (Wildman–Crippen MR) is 134 cm³/mol. The van der Waals surface area contributed by atoms with Gasteiger partial charge in [0.15, 0.2) is 5.65 Å². The van der Waals surface area contributed by atoms with Crippen LogP contribution in [0.25, 0.3) is 69.0 Å². The van der Waals surface area contributed by atoms with Crippen molar-refractivity contribution >= 4 is 80.4 Å². The van der Waals surface area contributed by atoms with Gasteiger partial charge in [0.25, 0.3) is 0 Å². The predicted octanol–water partition coefficient (Wildman–Crippen LogP) is 7.11. The van der Waals surface area contributed by atoms with Crippen LogP contribution in [-0.2, 0) is 0 Å². The summed E-state index contributed by atoms with van der Waals surface area (Å²) in [5.74, 6) is 0. The maximum atomic E-state index is 4.43. The molecule has 148 valence electrons. The molecule has 5 heteroatoms. The van der Waals surface area contributed by atoms with Gasteiger partial charge in [0, 0.05) is 20.9 Å². The van der Waals surface area contributed by atoms with E-state index in [1.165, 1.54) is 53.2 Å². The molecule has 3 aromatic heterocycles. The highest BCUT2D eigenvalue weighted by Crippen LogP contribution is 2.45. The molecule has 0 amide bonds. The summed E-state index contributed by atoms with van der Waals surface area (Å²) in [6.45, 7) is 0. The summed E-state index contributed by atoms with van der Waals surface area (Å²) in [4.78, 5) is 0. The van der Waals surface area contributed by atoms with Crippen molar-refractivity contribution in [1.29, 1.82) is 0 Å². The number of hydrogen-bond donors (Lipinski definition) is 0. The fourth-order valence-corrected chi connectivity index (χ4v) is 6.55. The lowest BCUT2D eigenvalue weighted by Gasteiger charge is -2.10. The number of fused-ring (bicyclic) bond motifs is 14. The van der Waals surface area contributed by atoms with Crippen molar-refractivity contribution in [3.63, 3.8) is 0 Å². The summed E-state index contributed by atoms with van der Waals surface area (Å²) in [5.41, 5.74) is 1.85. The molecular weight excluding hydrogens is 412 g/mol. The molecule has 0 aliphatic rings. The van der Waals surface area contributed by atoms with E-state index in [1.807, 2.05) is 4.52 Å². The van der Waals surface area contributed by atoms with Gasteiger partial charge in [-0.15, -0.1) is 16.4 Å². The zero-order valence-electron chi connectivity index (χ0n) is 16.8. The molecule has 0 fully saturated rings. The molecule has 0 saturated carbocycles. The molecular formula is C27H14N4S. The minimum absolute atomic E-state index is 0.817. The van der Waals surface area contributed by atoms with E-state index >= 15 is 0 Å². The largest absolute Gasteiger partial charge is 0.197 e. The van der Waals surface area contributed by atoms with Crippen LogP contribution in [0.2, 0.25) is 0 Å². The first-order chi connectivity index (χ1) is 15.9. The van der Waals surface area contributed by atoms with Gasteiger partial charge in [0.2, 0.25) is 0 Å². The Balaban J connectivity index is 1.78. The number of tetrazole rings is 1. The van der Waals surface area contributed by atoms with E-state index in [4.69, 9.17) is 0 Å². The average Bonchev–Trinajstić information content (AvgIpc) is 3.49. The average molecular weight is 427 g/mol. The summed E-state index contributed by atoms with van der Waals surface area (Å²) in [7, 11) is 0. The molecule has 0 radical (unpaired) electrons. The molecule has 0 spiro atoms. The van der Waals surface area contributed by atoms with E-state index in [0.717, 1.165) is 15.9 Å². The van der Waals surface area contributed by atoms with E-state index in [9.17, 15) is 0 Å². The van der Waals surface area contributed by atoms with Gasteiger partial charge in [-0.2, -0.15) is 4.52 Å². The van der Waals surface area contributed by atoms with E-state index in [1.54, 1.807) is 11.3 Å². The van der Waals surface area contributed by atoms with Crippen molar-refractivity contribution in [2.75, 3.05) is 0 Å². The fourth-order valence-electron chi connectivity index (χ4n) is 5.24. The first-order valence-corrected chi connectivity index (χ1v) is 11.4. The highest BCUT2D eigenvalue weighted by molar-refractivity contribution is 7.27. The Morgan fingerprint density at radius 3 is 2.19 bits per heavy atom. The second-order valence-electron chi connectivity index (χ2n) is 8.23. The van der Waals surface area contributed by atoms with Crippen LogP contribution in [0.1, 0.15) is 0 Å². The molecule has 0 unspecified atom stereocenters. The third-order valence-corrected chi connectivity index (χ3v) is 7.85. The van der Waals surface area contributed by atoms with Gasteiger partial charge < -0.3 is 0 Å². The standard InChI is InChI=1S/C27H14N4S/c1-3-7-18-15(5-1)9-10-17-12-14-21-24(22(17)18)23-20-13-11-16-6-2-4-8-19(16)25(20)32-26(23)27-28-29-30-31(21)27/h1-14H. The van der Waals surface area contributed by atoms with Gasteiger partial charge >= 0.3 is 0 Å². The molecule has 3 heterocycles. The van der Waals surface area contributed by atoms with Crippen molar-refractivity contribution in [2.45, 2.75) is 0 Å².